The lowest BCUT2D eigenvalue weighted by atomic mass is 10.0. The van der Waals surface area contributed by atoms with Gasteiger partial charge in [0.2, 0.25) is 0 Å². The zero-order valence-electron chi connectivity index (χ0n) is 12.2. The molecule has 1 aromatic rings. The first-order valence-electron chi connectivity index (χ1n) is 7.20. The lowest BCUT2D eigenvalue weighted by molar-refractivity contribution is -0.141. The number of carboxylic acids is 1. The summed E-state index contributed by atoms with van der Waals surface area (Å²) in [5.74, 6) is -0.543. The maximum atomic E-state index is 12.5. The second-order valence-electron chi connectivity index (χ2n) is 5.40. The number of hydrogen-bond acceptors (Lipinski definition) is 3. The van der Waals surface area contributed by atoms with E-state index in [4.69, 9.17) is 9.84 Å². The van der Waals surface area contributed by atoms with Gasteiger partial charge in [-0.05, 0) is 24.3 Å². The van der Waals surface area contributed by atoms with E-state index in [0.29, 0.717) is 19.5 Å². The molecule has 1 heterocycles. The molecule has 1 saturated heterocycles. The molecule has 114 valence electrons. The molecule has 5 heteroatoms. The third-order valence-electron chi connectivity index (χ3n) is 3.93. The van der Waals surface area contributed by atoms with Crippen molar-refractivity contribution in [2.24, 2.45) is 5.92 Å². The topological polar surface area (TPSA) is 66.8 Å². The van der Waals surface area contributed by atoms with E-state index >= 15 is 0 Å². The van der Waals surface area contributed by atoms with Gasteiger partial charge in [-0.3, -0.25) is 9.59 Å². The maximum absolute atomic E-state index is 12.5. The normalized spacial score (nSPS) is 19.5. The SMILES string of the molecule is COC(C(=O)N1CCC(CCC(=O)O)C1)c1ccccc1. The van der Waals surface area contributed by atoms with Gasteiger partial charge in [0.05, 0.1) is 0 Å². The third kappa shape index (κ3) is 4.04. The first-order chi connectivity index (χ1) is 10.1. The van der Waals surface area contributed by atoms with Crippen molar-refractivity contribution >= 4 is 11.9 Å². The van der Waals surface area contributed by atoms with Crippen molar-refractivity contribution < 1.29 is 19.4 Å². The molecule has 0 bridgehead atoms. The molecule has 0 saturated carbocycles. The number of hydrogen-bond donors (Lipinski definition) is 1. The van der Waals surface area contributed by atoms with Crippen molar-refractivity contribution in [1.82, 2.24) is 4.90 Å². The Morgan fingerprint density at radius 2 is 2.10 bits per heavy atom. The monoisotopic (exact) mass is 291 g/mol. The Balaban J connectivity index is 1.95. The van der Waals surface area contributed by atoms with Crippen LogP contribution in [0.4, 0.5) is 0 Å². The highest BCUT2D eigenvalue weighted by Gasteiger charge is 2.31. The van der Waals surface area contributed by atoms with Gasteiger partial charge in [-0.2, -0.15) is 0 Å². The first kappa shape index (κ1) is 15.5. The summed E-state index contributed by atoms with van der Waals surface area (Å²) in [6, 6.07) is 9.43. The number of carbonyl (C=O) groups is 2. The van der Waals surface area contributed by atoms with Crippen molar-refractivity contribution in [3.63, 3.8) is 0 Å². The van der Waals surface area contributed by atoms with Crippen LogP contribution in [-0.2, 0) is 14.3 Å². The van der Waals surface area contributed by atoms with Crippen molar-refractivity contribution in [3.8, 4) is 0 Å². The molecular weight excluding hydrogens is 270 g/mol. The minimum Gasteiger partial charge on any atom is -0.481 e. The summed E-state index contributed by atoms with van der Waals surface area (Å²) in [5, 5.41) is 8.72. The van der Waals surface area contributed by atoms with Crippen LogP contribution in [0.5, 0.6) is 0 Å². The summed E-state index contributed by atoms with van der Waals surface area (Å²) in [5.41, 5.74) is 0.846. The fourth-order valence-corrected chi connectivity index (χ4v) is 2.77. The van der Waals surface area contributed by atoms with Gasteiger partial charge < -0.3 is 14.7 Å². The second kappa shape index (κ2) is 7.22. The van der Waals surface area contributed by atoms with E-state index in [1.54, 1.807) is 4.90 Å². The molecule has 0 radical (unpaired) electrons. The van der Waals surface area contributed by atoms with Crippen LogP contribution in [0.15, 0.2) is 30.3 Å². The number of rotatable bonds is 6. The molecule has 2 unspecified atom stereocenters. The Morgan fingerprint density at radius 3 is 2.71 bits per heavy atom. The molecule has 0 aromatic heterocycles. The second-order valence-corrected chi connectivity index (χ2v) is 5.40. The highest BCUT2D eigenvalue weighted by Crippen LogP contribution is 2.26. The van der Waals surface area contributed by atoms with Crippen molar-refractivity contribution in [2.75, 3.05) is 20.2 Å². The van der Waals surface area contributed by atoms with E-state index in [0.717, 1.165) is 12.0 Å². The zero-order valence-corrected chi connectivity index (χ0v) is 12.2. The fraction of sp³-hybridized carbons (Fsp3) is 0.500. The van der Waals surface area contributed by atoms with E-state index < -0.39 is 12.1 Å². The van der Waals surface area contributed by atoms with Gasteiger partial charge in [-0.25, -0.2) is 0 Å². The number of ether oxygens (including phenoxy) is 1. The predicted molar refractivity (Wildman–Crippen MR) is 77.7 cm³/mol. The number of carbonyl (C=O) groups excluding carboxylic acids is 1. The van der Waals surface area contributed by atoms with Gasteiger partial charge in [0, 0.05) is 26.6 Å². The molecule has 1 aliphatic heterocycles. The minimum atomic E-state index is -0.779. The van der Waals surface area contributed by atoms with E-state index in [2.05, 4.69) is 0 Å². The average Bonchev–Trinajstić information content (AvgIpc) is 2.96. The van der Waals surface area contributed by atoms with Crippen LogP contribution in [0, 0.1) is 5.92 Å². The molecule has 2 atom stereocenters. The summed E-state index contributed by atoms with van der Waals surface area (Å²) in [6.07, 6.45) is 1.08. The molecule has 5 nitrogen and oxygen atoms in total. The summed E-state index contributed by atoms with van der Waals surface area (Å²) >= 11 is 0. The molecule has 1 aromatic carbocycles. The lowest BCUT2D eigenvalue weighted by Gasteiger charge is -2.23. The summed E-state index contributed by atoms with van der Waals surface area (Å²) < 4.78 is 5.36. The number of methoxy groups -OCH3 is 1. The molecule has 2 rings (SSSR count). The quantitative estimate of drug-likeness (QED) is 0.871. The van der Waals surface area contributed by atoms with Gasteiger partial charge in [-0.1, -0.05) is 30.3 Å². The van der Waals surface area contributed by atoms with Crippen LogP contribution in [0.1, 0.15) is 30.9 Å². The lowest BCUT2D eigenvalue weighted by Crippen LogP contribution is -2.34. The van der Waals surface area contributed by atoms with Gasteiger partial charge in [0.15, 0.2) is 6.10 Å². The van der Waals surface area contributed by atoms with Crippen molar-refractivity contribution in [1.29, 1.82) is 0 Å². The number of aliphatic carboxylic acids is 1. The highest BCUT2D eigenvalue weighted by molar-refractivity contribution is 5.82. The smallest absolute Gasteiger partial charge is 0.303 e. The van der Waals surface area contributed by atoms with E-state index in [-0.39, 0.29) is 18.2 Å². The zero-order chi connectivity index (χ0) is 15.2. The maximum Gasteiger partial charge on any atom is 0.303 e. The Morgan fingerprint density at radius 1 is 1.38 bits per heavy atom. The predicted octanol–water partition coefficient (Wildman–Crippen LogP) is 2.09. The van der Waals surface area contributed by atoms with E-state index in [1.807, 2.05) is 30.3 Å². The van der Waals surface area contributed by atoms with Crippen molar-refractivity contribution in [3.05, 3.63) is 35.9 Å². The number of carboxylic acid groups (broad SMARTS) is 1. The molecule has 0 spiro atoms. The van der Waals surface area contributed by atoms with Gasteiger partial charge >= 0.3 is 5.97 Å². The van der Waals surface area contributed by atoms with Crippen LogP contribution in [-0.4, -0.2) is 42.1 Å². The summed E-state index contributed by atoms with van der Waals surface area (Å²) in [4.78, 5) is 24.9. The Hall–Kier alpha value is -1.88. The largest absolute Gasteiger partial charge is 0.481 e. The van der Waals surface area contributed by atoms with Crippen molar-refractivity contribution in [2.45, 2.75) is 25.4 Å². The van der Waals surface area contributed by atoms with E-state index in [9.17, 15) is 9.59 Å². The fourth-order valence-electron chi connectivity index (χ4n) is 2.77. The number of amides is 1. The average molecular weight is 291 g/mol. The van der Waals surface area contributed by atoms with Crippen LogP contribution >= 0.6 is 0 Å². The third-order valence-corrected chi connectivity index (χ3v) is 3.93. The molecule has 0 aliphatic carbocycles. The minimum absolute atomic E-state index is 0.0403. The first-order valence-corrected chi connectivity index (χ1v) is 7.20. The van der Waals surface area contributed by atoms with Gasteiger partial charge in [0.25, 0.3) is 5.91 Å². The van der Waals surface area contributed by atoms with Crippen LogP contribution < -0.4 is 0 Å². The molecule has 1 fully saturated rings. The summed E-state index contributed by atoms with van der Waals surface area (Å²) in [6.45, 7) is 1.30. The van der Waals surface area contributed by atoms with Crippen LogP contribution in [0.25, 0.3) is 0 Å². The molecule has 1 amide bonds. The highest BCUT2D eigenvalue weighted by atomic mass is 16.5. The molecule has 1 aliphatic rings. The summed E-state index contributed by atoms with van der Waals surface area (Å²) in [7, 11) is 1.54. The number of likely N-dealkylation sites (tertiary alicyclic amines) is 1. The van der Waals surface area contributed by atoms with Gasteiger partial charge in [0.1, 0.15) is 0 Å². The molecule has 21 heavy (non-hydrogen) atoms. The molecule has 1 N–H and O–H groups in total. The van der Waals surface area contributed by atoms with E-state index in [1.165, 1.54) is 7.11 Å². The van der Waals surface area contributed by atoms with Crippen LogP contribution in [0.3, 0.4) is 0 Å². The number of benzene rings is 1. The Bertz CT molecular complexity index is 488. The Kier molecular flexibility index (Phi) is 5.33. The standard InChI is InChI=1S/C16H21NO4/c1-21-15(13-5-3-2-4-6-13)16(20)17-10-9-12(11-17)7-8-14(18)19/h2-6,12,15H,7-11H2,1H3,(H,18,19). The molecular formula is C16H21NO4. The van der Waals surface area contributed by atoms with Crippen LogP contribution in [0.2, 0.25) is 0 Å². The number of nitrogens with zero attached hydrogens (tertiary/aromatic N) is 1. The Labute approximate surface area is 124 Å². The van der Waals surface area contributed by atoms with Gasteiger partial charge in [-0.15, -0.1) is 0 Å².